The minimum atomic E-state index is -0.652. The second-order valence-corrected chi connectivity index (χ2v) is 6.76. The molecule has 0 atom stereocenters. The van der Waals surface area contributed by atoms with Gasteiger partial charge in [-0.05, 0) is 43.3 Å². The molecule has 0 aromatic heterocycles. The second-order valence-electron chi connectivity index (χ2n) is 5.73. The fourth-order valence-corrected chi connectivity index (χ4v) is 3.55. The van der Waals surface area contributed by atoms with Crippen LogP contribution < -0.4 is 4.74 Å². The number of carbonyl (C=O) groups is 1. The van der Waals surface area contributed by atoms with E-state index in [1.807, 2.05) is 18.2 Å². The van der Waals surface area contributed by atoms with Crippen LogP contribution in [0.15, 0.2) is 69.8 Å². The molecule has 28 heavy (non-hydrogen) atoms. The first kappa shape index (κ1) is 19.6. The average molecular weight is 397 g/mol. The molecule has 0 radical (unpaired) electrons. The van der Waals surface area contributed by atoms with Gasteiger partial charge in [-0.15, -0.1) is 0 Å². The van der Waals surface area contributed by atoms with Gasteiger partial charge < -0.3 is 19.7 Å². The van der Waals surface area contributed by atoms with Crippen LogP contribution in [0.4, 0.5) is 5.69 Å². The molecule has 144 valence electrons. The van der Waals surface area contributed by atoms with Gasteiger partial charge in [0.2, 0.25) is 0 Å². The van der Waals surface area contributed by atoms with Gasteiger partial charge in [-0.25, -0.2) is 9.79 Å². The summed E-state index contributed by atoms with van der Waals surface area (Å²) in [4.78, 5) is 17.2. The molecule has 7 heteroatoms. The van der Waals surface area contributed by atoms with E-state index in [-0.39, 0.29) is 23.7 Å². The Balaban J connectivity index is 2.07. The highest BCUT2D eigenvalue weighted by Gasteiger charge is 2.33. The number of para-hydroxylation sites is 1. The van der Waals surface area contributed by atoms with E-state index in [1.54, 1.807) is 37.3 Å². The van der Waals surface area contributed by atoms with Crippen molar-refractivity contribution in [2.24, 2.45) is 4.99 Å². The summed E-state index contributed by atoms with van der Waals surface area (Å²) in [7, 11) is 1.52. The number of rotatable bonds is 5. The van der Waals surface area contributed by atoms with Crippen LogP contribution in [-0.4, -0.2) is 34.9 Å². The molecule has 0 bridgehead atoms. The Morgan fingerprint density at radius 2 is 1.93 bits per heavy atom. The SMILES string of the molecule is CCOC(=O)C1=C(O)/C(=C\c2cc(OC)ccc2O)SC1=Nc1ccccc1. The standard InChI is InChI=1S/C21H19NO5S/c1-3-27-21(25)18-19(24)17(12-13-11-15(26-2)9-10-16(13)23)28-20(18)22-14-7-5-4-6-8-14/h4-12,23-24H,3H2,1-2H3/b17-12+,22-20?. The lowest BCUT2D eigenvalue weighted by molar-refractivity contribution is -0.138. The fourth-order valence-electron chi connectivity index (χ4n) is 2.53. The van der Waals surface area contributed by atoms with Gasteiger partial charge in [-0.1, -0.05) is 30.0 Å². The van der Waals surface area contributed by atoms with Crippen LogP contribution in [-0.2, 0) is 9.53 Å². The molecule has 2 N–H and O–H groups in total. The number of aliphatic hydroxyl groups is 1. The van der Waals surface area contributed by atoms with E-state index >= 15 is 0 Å². The highest BCUT2D eigenvalue weighted by atomic mass is 32.2. The van der Waals surface area contributed by atoms with Crippen LogP contribution in [0.2, 0.25) is 0 Å². The Bertz CT molecular complexity index is 980. The summed E-state index contributed by atoms with van der Waals surface area (Å²) < 4.78 is 10.2. The number of aliphatic imine (C=N–C) groups is 1. The number of esters is 1. The zero-order chi connectivity index (χ0) is 20.1. The van der Waals surface area contributed by atoms with Crippen molar-refractivity contribution in [3.63, 3.8) is 0 Å². The third kappa shape index (κ3) is 4.20. The van der Waals surface area contributed by atoms with E-state index in [4.69, 9.17) is 9.47 Å². The van der Waals surface area contributed by atoms with Gasteiger partial charge >= 0.3 is 5.97 Å². The molecule has 2 aromatic carbocycles. The molecule has 2 aromatic rings. The van der Waals surface area contributed by atoms with Gasteiger partial charge in [0.05, 0.1) is 24.3 Å². The number of phenolic OH excluding ortho intramolecular Hbond substituents is 1. The monoisotopic (exact) mass is 397 g/mol. The molecule has 0 amide bonds. The number of hydrogen-bond donors (Lipinski definition) is 2. The van der Waals surface area contributed by atoms with Crippen molar-refractivity contribution in [2.75, 3.05) is 13.7 Å². The fraction of sp³-hybridized carbons (Fsp3) is 0.143. The summed E-state index contributed by atoms with van der Waals surface area (Å²) in [5.74, 6) is -0.312. The van der Waals surface area contributed by atoms with Gasteiger partial charge in [0.1, 0.15) is 27.9 Å². The number of carbonyl (C=O) groups excluding carboxylic acids is 1. The van der Waals surface area contributed by atoms with Crippen LogP contribution in [0.25, 0.3) is 6.08 Å². The van der Waals surface area contributed by atoms with Crippen molar-refractivity contribution in [1.29, 1.82) is 0 Å². The Hall–Kier alpha value is -3.19. The lowest BCUT2D eigenvalue weighted by Gasteiger charge is -2.04. The number of aliphatic hydroxyl groups excluding tert-OH is 1. The van der Waals surface area contributed by atoms with Crippen molar-refractivity contribution in [3.8, 4) is 11.5 Å². The highest BCUT2D eigenvalue weighted by Crippen LogP contribution is 2.41. The first-order chi connectivity index (χ1) is 13.5. The molecule has 0 unspecified atom stereocenters. The largest absolute Gasteiger partial charge is 0.507 e. The molecular weight excluding hydrogens is 378 g/mol. The summed E-state index contributed by atoms with van der Waals surface area (Å²) in [6.07, 6.45) is 1.57. The average Bonchev–Trinajstić information content (AvgIpc) is 2.99. The number of ether oxygens (including phenoxy) is 2. The molecule has 6 nitrogen and oxygen atoms in total. The number of aromatic hydroxyl groups is 1. The summed E-state index contributed by atoms with van der Waals surface area (Å²) in [5, 5.41) is 21.1. The second kappa shape index (κ2) is 8.67. The maximum Gasteiger partial charge on any atom is 0.344 e. The van der Waals surface area contributed by atoms with Crippen molar-refractivity contribution in [1.82, 2.24) is 0 Å². The molecule has 0 spiro atoms. The van der Waals surface area contributed by atoms with E-state index in [0.29, 0.717) is 26.9 Å². The van der Waals surface area contributed by atoms with E-state index in [1.165, 1.54) is 13.2 Å². The van der Waals surface area contributed by atoms with Crippen molar-refractivity contribution >= 4 is 34.5 Å². The molecule has 0 saturated heterocycles. The van der Waals surface area contributed by atoms with Gasteiger partial charge in [-0.3, -0.25) is 0 Å². The van der Waals surface area contributed by atoms with Crippen LogP contribution in [0.1, 0.15) is 12.5 Å². The predicted octanol–water partition coefficient (Wildman–Crippen LogP) is 4.59. The van der Waals surface area contributed by atoms with Crippen LogP contribution in [0, 0.1) is 0 Å². The van der Waals surface area contributed by atoms with Gasteiger partial charge in [0.25, 0.3) is 0 Å². The smallest absolute Gasteiger partial charge is 0.344 e. The van der Waals surface area contributed by atoms with Gasteiger partial charge in [0, 0.05) is 5.56 Å². The van der Waals surface area contributed by atoms with Gasteiger partial charge in [0.15, 0.2) is 0 Å². The first-order valence-corrected chi connectivity index (χ1v) is 9.36. The van der Waals surface area contributed by atoms with Gasteiger partial charge in [-0.2, -0.15) is 0 Å². The summed E-state index contributed by atoms with van der Waals surface area (Å²) in [5.41, 5.74) is 1.09. The molecule has 0 fully saturated rings. The Labute approximate surface area is 166 Å². The zero-order valence-corrected chi connectivity index (χ0v) is 16.2. The van der Waals surface area contributed by atoms with E-state index in [0.717, 1.165) is 11.8 Å². The highest BCUT2D eigenvalue weighted by molar-refractivity contribution is 8.18. The number of hydrogen-bond acceptors (Lipinski definition) is 7. The molecular formula is C21H19NO5S. The number of thioether (sulfide) groups is 1. The maximum atomic E-state index is 12.4. The maximum absolute atomic E-state index is 12.4. The first-order valence-electron chi connectivity index (χ1n) is 8.55. The topological polar surface area (TPSA) is 88.4 Å². The number of phenols is 1. The number of nitrogens with zero attached hydrogens (tertiary/aromatic N) is 1. The normalized spacial score (nSPS) is 16.6. The third-order valence-corrected chi connectivity index (χ3v) is 4.90. The van der Waals surface area contributed by atoms with Crippen molar-refractivity contribution in [2.45, 2.75) is 6.92 Å². The summed E-state index contributed by atoms with van der Waals surface area (Å²) >= 11 is 1.13. The summed E-state index contributed by atoms with van der Waals surface area (Å²) in [6, 6.07) is 13.9. The quantitative estimate of drug-likeness (QED) is 0.717. The Kier molecular flexibility index (Phi) is 6.06. The minimum absolute atomic E-state index is 0.00402. The summed E-state index contributed by atoms with van der Waals surface area (Å²) in [6.45, 7) is 1.87. The van der Waals surface area contributed by atoms with Crippen molar-refractivity contribution in [3.05, 3.63) is 70.3 Å². The zero-order valence-electron chi connectivity index (χ0n) is 15.4. The molecule has 3 rings (SSSR count). The van der Waals surface area contributed by atoms with Crippen LogP contribution >= 0.6 is 11.8 Å². The van der Waals surface area contributed by atoms with E-state index < -0.39 is 5.97 Å². The van der Waals surface area contributed by atoms with E-state index in [9.17, 15) is 15.0 Å². The molecule has 1 aliphatic rings. The van der Waals surface area contributed by atoms with Crippen LogP contribution in [0.3, 0.4) is 0 Å². The lowest BCUT2D eigenvalue weighted by Crippen LogP contribution is -2.12. The lowest BCUT2D eigenvalue weighted by atomic mass is 10.1. The van der Waals surface area contributed by atoms with E-state index in [2.05, 4.69) is 4.99 Å². The molecule has 0 saturated carbocycles. The molecule has 1 heterocycles. The number of benzene rings is 2. The van der Waals surface area contributed by atoms with Crippen molar-refractivity contribution < 1.29 is 24.5 Å². The number of methoxy groups -OCH3 is 1. The Morgan fingerprint density at radius 1 is 1.18 bits per heavy atom. The predicted molar refractivity (Wildman–Crippen MR) is 110 cm³/mol. The third-order valence-electron chi connectivity index (χ3n) is 3.88. The van der Waals surface area contributed by atoms with Crippen LogP contribution in [0.5, 0.6) is 11.5 Å². The Morgan fingerprint density at radius 3 is 2.61 bits per heavy atom. The minimum Gasteiger partial charge on any atom is -0.507 e. The molecule has 0 aliphatic carbocycles. The molecule has 1 aliphatic heterocycles.